The molecule has 1 saturated heterocycles. The molecule has 2 N–H and O–H groups in total. The van der Waals surface area contributed by atoms with Crippen molar-refractivity contribution in [2.24, 2.45) is 11.8 Å². The van der Waals surface area contributed by atoms with Gasteiger partial charge in [0.2, 0.25) is 11.8 Å². The van der Waals surface area contributed by atoms with E-state index in [-0.39, 0.29) is 34.3 Å². The predicted molar refractivity (Wildman–Crippen MR) is 114 cm³/mol. The SMILES string of the molecule is O=C(Nc1ccc(NC(=O)C2CCN(c3ccccc3[N+](=O)[O-])CC2)cc1)C1CC1. The lowest BCUT2D eigenvalue weighted by Gasteiger charge is -2.32. The van der Waals surface area contributed by atoms with E-state index in [1.807, 2.05) is 4.90 Å². The van der Waals surface area contributed by atoms with E-state index >= 15 is 0 Å². The van der Waals surface area contributed by atoms with Gasteiger partial charge in [-0.1, -0.05) is 12.1 Å². The van der Waals surface area contributed by atoms with E-state index in [0.717, 1.165) is 18.5 Å². The third kappa shape index (κ3) is 4.59. The first-order valence-electron chi connectivity index (χ1n) is 10.2. The summed E-state index contributed by atoms with van der Waals surface area (Å²) in [7, 11) is 0. The molecule has 2 aromatic rings. The zero-order valence-corrected chi connectivity index (χ0v) is 16.5. The van der Waals surface area contributed by atoms with E-state index in [4.69, 9.17) is 0 Å². The number of nitro groups is 1. The molecule has 1 heterocycles. The highest BCUT2D eigenvalue weighted by atomic mass is 16.6. The largest absolute Gasteiger partial charge is 0.366 e. The molecule has 0 spiro atoms. The Hall–Kier alpha value is -3.42. The van der Waals surface area contributed by atoms with Crippen LogP contribution in [0.25, 0.3) is 0 Å². The Labute approximate surface area is 174 Å². The molecule has 156 valence electrons. The molecule has 2 aliphatic rings. The van der Waals surface area contributed by atoms with Crippen LogP contribution in [0.15, 0.2) is 48.5 Å². The van der Waals surface area contributed by atoms with Crippen LogP contribution in [0.4, 0.5) is 22.7 Å². The second-order valence-electron chi connectivity index (χ2n) is 7.84. The summed E-state index contributed by atoms with van der Waals surface area (Å²) in [5, 5.41) is 17.1. The first-order valence-corrected chi connectivity index (χ1v) is 10.2. The molecule has 8 nitrogen and oxygen atoms in total. The number of hydrogen-bond donors (Lipinski definition) is 2. The van der Waals surface area contributed by atoms with Crippen molar-refractivity contribution in [1.29, 1.82) is 0 Å². The molecule has 2 amide bonds. The molecule has 1 aliphatic carbocycles. The Balaban J connectivity index is 1.30. The molecule has 30 heavy (non-hydrogen) atoms. The maximum absolute atomic E-state index is 12.6. The molecule has 1 saturated carbocycles. The molecule has 0 aromatic heterocycles. The second kappa shape index (κ2) is 8.52. The molecule has 8 heteroatoms. The number of nitrogens with zero attached hydrogens (tertiary/aromatic N) is 2. The normalized spacial score (nSPS) is 16.7. The highest BCUT2D eigenvalue weighted by Crippen LogP contribution is 2.32. The number of carbonyl (C=O) groups excluding carboxylic acids is 2. The monoisotopic (exact) mass is 408 g/mol. The van der Waals surface area contributed by atoms with Gasteiger partial charge in [-0.25, -0.2) is 0 Å². The van der Waals surface area contributed by atoms with E-state index in [1.165, 1.54) is 6.07 Å². The first kappa shape index (κ1) is 19.9. The van der Waals surface area contributed by atoms with Crippen LogP contribution >= 0.6 is 0 Å². The molecule has 0 radical (unpaired) electrons. The summed E-state index contributed by atoms with van der Waals surface area (Å²) in [6, 6.07) is 13.8. The number of hydrogen-bond acceptors (Lipinski definition) is 5. The Morgan fingerprint density at radius 2 is 1.33 bits per heavy atom. The number of benzene rings is 2. The third-order valence-corrected chi connectivity index (χ3v) is 5.65. The quantitative estimate of drug-likeness (QED) is 0.559. The molecule has 2 fully saturated rings. The van der Waals surface area contributed by atoms with Crippen molar-refractivity contribution in [1.82, 2.24) is 0 Å². The van der Waals surface area contributed by atoms with Crippen molar-refractivity contribution in [2.75, 3.05) is 28.6 Å². The van der Waals surface area contributed by atoms with Gasteiger partial charge in [-0.15, -0.1) is 0 Å². The topological polar surface area (TPSA) is 105 Å². The number of piperidine rings is 1. The van der Waals surface area contributed by atoms with Crippen LogP contribution in [0.5, 0.6) is 0 Å². The smallest absolute Gasteiger partial charge is 0.292 e. The fourth-order valence-electron chi connectivity index (χ4n) is 3.74. The fourth-order valence-corrected chi connectivity index (χ4v) is 3.74. The van der Waals surface area contributed by atoms with Gasteiger partial charge in [0, 0.05) is 42.4 Å². The number of amides is 2. The van der Waals surface area contributed by atoms with Crippen LogP contribution in [0.2, 0.25) is 0 Å². The van der Waals surface area contributed by atoms with Gasteiger partial charge in [0.05, 0.1) is 4.92 Å². The number of nitro benzene ring substituents is 1. The predicted octanol–water partition coefficient (Wildman–Crippen LogP) is 3.80. The molecule has 1 aliphatic heterocycles. The van der Waals surface area contributed by atoms with Crippen molar-refractivity contribution in [3.05, 3.63) is 58.6 Å². The highest BCUT2D eigenvalue weighted by Gasteiger charge is 2.30. The lowest BCUT2D eigenvalue weighted by molar-refractivity contribution is -0.384. The molecule has 0 atom stereocenters. The van der Waals surface area contributed by atoms with Gasteiger partial charge in [-0.3, -0.25) is 19.7 Å². The third-order valence-electron chi connectivity index (χ3n) is 5.65. The number of anilines is 3. The van der Waals surface area contributed by atoms with Gasteiger partial charge in [-0.05, 0) is 56.0 Å². The molecular formula is C22H24N4O4. The van der Waals surface area contributed by atoms with Crippen LogP contribution in [-0.4, -0.2) is 29.8 Å². The average Bonchev–Trinajstić information content (AvgIpc) is 3.61. The molecular weight excluding hydrogens is 384 g/mol. The lowest BCUT2D eigenvalue weighted by atomic mass is 9.95. The van der Waals surface area contributed by atoms with Crippen LogP contribution in [0.3, 0.4) is 0 Å². The fraction of sp³-hybridized carbons (Fsp3) is 0.364. The molecule has 0 unspecified atom stereocenters. The van der Waals surface area contributed by atoms with Gasteiger partial charge in [-0.2, -0.15) is 0 Å². The summed E-state index contributed by atoms with van der Waals surface area (Å²) in [4.78, 5) is 37.3. The zero-order chi connectivity index (χ0) is 21.1. The number of nitrogens with one attached hydrogen (secondary N) is 2. The van der Waals surface area contributed by atoms with Crippen LogP contribution in [0, 0.1) is 22.0 Å². The van der Waals surface area contributed by atoms with Crippen molar-refractivity contribution in [2.45, 2.75) is 25.7 Å². The Bertz CT molecular complexity index is 948. The van der Waals surface area contributed by atoms with E-state index in [0.29, 0.717) is 37.3 Å². The Morgan fingerprint density at radius 3 is 1.83 bits per heavy atom. The summed E-state index contributed by atoms with van der Waals surface area (Å²) < 4.78 is 0. The summed E-state index contributed by atoms with van der Waals surface area (Å²) in [6.45, 7) is 1.18. The Kier molecular flexibility index (Phi) is 5.65. The molecule has 2 aromatic carbocycles. The minimum absolute atomic E-state index is 0.0491. The minimum atomic E-state index is -0.370. The number of carbonyl (C=O) groups is 2. The summed E-state index contributed by atoms with van der Waals surface area (Å²) in [5.74, 6) is 0.00927. The minimum Gasteiger partial charge on any atom is -0.366 e. The summed E-state index contributed by atoms with van der Waals surface area (Å²) in [6.07, 6.45) is 3.17. The van der Waals surface area contributed by atoms with E-state index in [1.54, 1.807) is 42.5 Å². The van der Waals surface area contributed by atoms with Gasteiger partial charge < -0.3 is 15.5 Å². The van der Waals surface area contributed by atoms with Crippen LogP contribution < -0.4 is 15.5 Å². The maximum atomic E-state index is 12.6. The average molecular weight is 408 g/mol. The van der Waals surface area contributed by atoms with Gasteiger partial charge in [0.15, 0.2) is 0 Å². The van der Waals surface area contributed by atoms with E-state index in [9.17, 15) is 19.7 Å². The summed E-state index contributed by atoms with van der Waals surface area (Å²) in [5.41, 5.74) is 2.10. The van der Waals surface area contributed by atoms with Gasteiger partial charge in [0.1, 0.15) is 5.69 Å². The second-order valence-corrected chi connectivity index (χ2v) is 7.84. The van der Waals surface area contributed by atoms with Crippen LogP contribution in [0.1, 0.15) is 25.7 Å². The maximum Gasteiger partial charge on any atom is 0.292 e. The zero-order valence-electron chi connectivity index (χ0n) is 16.5. The lowest BCUT2D eigenvalue weighted by Crippen LogP contribution is -2.38. The number of rotatable bonds is 6. The van der Waals surface area contributed by atoms with E-state index in [2.05, 4.69) is 10.6 Å². The highest BCUT2D eigenvalue weighted by molar-refractivity contribution is 5.95. The van der Waals surface area contributed by atoms with Crippen molar-refractivity contribution < 1.29 is 14.5 Å². The molecule has 0 bridgehead atoms. The number of para-hydroxylation sites is 2. The van der Waals surface area contributed by atoms with Crippen molar-refractivity contribution >= 4 is 34.6 Å². The van der Waals surface area contributed by atoms with Crippen LogP contribution in [-0.2, 0) is 9.59 Å². The standard InChI is InChI=1S/C22H24N4O4/c27-21(15-5-6-15)23-17-7-9-18(10-8-17)24-22(28)16-11-13-25(14-12-16)19-3-1-2-4-20(19)26(29)30/h1-4,7-10,15-16H,5-6,11-14H2,(H,23,27)(H,24,28). The first-order chi connectivity index (χ1) is 14.5. The van der Waals surface area contributed by atoms with Crippen molar-refractivity contribution in [3.8, 4) is 0 Å². The van der Waals surface area contributed by atoms with Gasteiger partial charge in [0.25, 0.3) is 5.69 Å². The van der Waals surface area contributed by atoms with Crippen molar-refractivity contribution in [3.63, 3.8) is 0 Å². The van der Waals surface area contributed by atoms with Gasteiger partial charge >= 0.3 is 0 Å². The molecule has 4 rings (SSSR count). The summed E-state index contributed by atoms with van der Waals surface area (Å²) >= 11 is 0. The Morgan fingerprint density at radius 1 is 0.833 bits per heavy atom. The van der Waals surface area contributed by atoms with E-state index < -0.39 is 0 Å².